The maximum atomic E-state index is 13.8. The van der Waals surface area contributed by atoms with Gasteiger partial charge in [-0.2, -0.15) is 0 Å². The highest BCUT2D eigenvalue weighted by atomic mass is 19.1. The summed E-state index contributed by atoms with van der Waals surface area (Å²) in [6, 6.07) is 11.5. The highest BCUT2D eigenvalue weighted by Gasteiger charge is 2.13. The maximum Gasteiger partial charge on any atom is 0.165 e. The van der Waals surface area contributed by atoms with Crippen molar-refractivity contribution >= 4 is 5.69 Å². The van der Waals surface area contributed by atoms with Crippen molar-refractivity contribution in [2.45, 2.75) is 19.3 Å². The minimum absolute atomic E-state index is 0.297. The van der Waals surface area contributed by atoms with Gasteiger partial charge < -0.3 is 10.1 Å². The predicted octanol–water partition coefficient (Wildman–Crippen LogP) is 3.78. The Morgan fingerprint density at radius 3 is 2.95 bits per heavy atom. The summed E-state index contributed by atoms with van der Waals surface area (Å²) in [5, 5.41) is 3.42. The number of fused-ring (bicyclic) bond motifs is 1. The second kappa shape index (κ2) is 5.53. The van der Waals surface area contributed by atoms with Gasteiger partial charge in [0, 0.05) is 12.2 Å². The van der Waals surface area contributed by atoms with Gasteiger partial charge in [0.1, 0.15) is 0 Å². The third-order valence-electron chi connectivity index (χ3n) is 3.80. The van der Waals surface area contributed by atoms with Crippen LogP contribution >= 0.6 is 0 Å². The molecule has 0 radical (unpaired) electrons. The average Bonchev–Trinajstić information content (AvgIpc) is 2.48. The van der Waals surface area contributed by atoms with E-state index in [1.165, 1.54) is 23.9 Å². The Balaban J connectivity index is 1.90. The lowest BCUT2D eigenvalue weighted by Crippen LogP contribution is -2.13. The van der Waals surface area contributed by atoms with E-state index < -0.39 is 0 Å². The van der Waals surface area contributed by atoms with E-state index in [4.69, 9.17) is 4.74 Å². The number of anilines is 1. The summed E-state index contributed by atoms with van der Waals surface area (Å²) in [4.78, 5) is 0. The van der Waals surface area contributed by atoms with Gasteiger partial charge in [-0.25, -0.2) is 4.39 Å². The van der Waals surface area contributed by atoms with Gasteiger partial charge in [0.05, 0.1) is 7.11 Å². The van der Waals surface area contributed by atoms with Crippen molar-refractivity contribution in [3.63, 3.8) is 0 Å². The van der Waals surface area contributed by atoms with Gasteiger partial charge in [-0.1, -0.05) is 18.2 Å². The first-order chi connectivity index (χ1) is 9.78. The van der Waals surface area contributed by atoms with E-state index in [1.807, 2.05) is 6.07 Å². The van der Waals surface area contributed by atoms with Crippen LogP contribution in [0.1, 0.15) is 23.1 Å². The van der Waals surface area contributed by atoms with E-state index in [9.17, 15) is 4.39 Å². The molecule has 0 aliphatic carbocycles. The van der Waals surface area contributed by atoms with Gasteiger partial charge in [0.25, 0.3) is 0 Å². The average molecular weight is 271 g/mol. The molecule has 0 spiro atoms. The van der Waals surface area contributed by atoms with E-state index in [-0.39, 0.29) is 5.82 Å². The molecule has 1 N–H and O–H groups in total. The summed E-state index contributed by atoms with van der Waals surface area (Å²) in [6.45, 7) is 1.04. The molecule has 0 bridgehead atoms. The summed E-state index contributed by atoms with van der Waals surface area (Å²) in [5.41, 5.74) is 4.85. The molecule has 1 aliphatic rings. The molecule has 2 aromatic carbocycles. The minimum atomic E-state index is -0.298. The normalized spacial score (nSPS) is 13.5. The van der Waals surface area contributed by atoms with E-state index in [0.717, 1.165) is 31.4 Å². The van der Waals surface area contributed by atoms with Crippen molar-refractivity contribution < 1.29 is 9.13 Å². The Bertz CT molecular complexity index is 624. The predicted molar refractivity (Wildman–Crippen MR) is 79.0 cm³/mol. The fraction of sp³-hybridized carbons (Fsp3) is 0.294. The van der Waals surface area contributed by atoms with Crippen LogP contribution in [0.4, 0.5) is 10.1 Å². The molecular formula is C17H18FNO. The molecule has 0 saturated carbocycles. The molecule has 0 aromatic heterocycles. The number of nitrogens with one attached hydrogen (secondary N) is 1. The Morgan fingerprint density at radius 2 is 2.15 bits per heavy atom. The second-order valence-corrected chi connectivity index (χ2v) is 5.12. The molecule has 3 heteroatoms. The molecule has 2 nitrogen and oxygen atoms in total. The van der Waals surface area contributed by atoms with Gasteiger partial charge >= 0.3 is 0 Å². The molecule has 0 amide bonds. The van der Waals surface area contributed by atoms with Crippen molar-refractivity contribution in [3.05, 3.63) is 58.9 Å². The summed E-state index contributed by atoms with van der Waals surface area (Å²) >= 11 is 0. The number of benzene rings is 2. The first kappa shape index (κ1) is 13.0. The third-order valence-corrected chi connectivity index (χ3v) is 3.80. The second-order valence-electron chi connectivity index (χ2n) is 5.12. The lowest BCUT2D eigenvalue weighted by atomic mass is 9.93. The molecule has 2 aromatic rings. The minimum Gasteiger partial charge on any atom is -0.494 e. The van der Waals surface area contributed by atoms with Crippen LogP contribution in [0.3, 0.4) is 0 Å². The van der Waals surface area contributed by atoms with E-state index in [1.54, 1.807) is 12.1 Å². The highest BCUT2D eigenvalue weighted by molar-refractivity contribution is 5.57. The summed E-state index contributed by atoms with van der Waals surface area (Å²) in [6.07, 6.45) is 3.00. The Labute approximate surface area is 118 Å². The van der Waals surface area contributed by atoms with Crippen molar-refractivity contribution in [2.75, 3.05) is 19.0 Å². The summed E-state index contributed by atoms with van der Waals surface area (Å²) in [7, 11) is 1.48. The Kier molecular flexibility index (Phi) is 3.59. The Morgan fingerprint density at radius 1 is 1.25 bits per heavy atom. The number of methoxy groups -OCH3 is 1. The molecule has 1 heterocycles. The van der Waals surface area contributed by atoms with Gasteiger partial charge in [-0.15, -0.1) is 0 Å². The van der Waals surface area contributed by atoms with Crippen molar-refractivity contribution in [3.8, 4) is 5.75 Å². The molecule has 0 unspecified atom stereocenters. The van der Waals surface area contributed by atoms with E-state index >= 15 is 0 Å². The zero-order valence-electron chi connectivity index (χ0n) is 11.6. The zero-order valence-corrected chi connectivity index (χ0v) is 11.6. The first-order valence-electron chi connectivity index (χ1n) is 6.95. The molecule has 0 atom stereocenters. The van der Waals surface area contributed by atoms with Crippen molar-refractivity contribution in [1.82, 2.24) is 0 Å². The molecule has 1 aliphatic heterocycles. The quantitative estimate of drug-likeness (QED) is 0.917. The molecule has 3 rings (SSSR count). The van der Waals surface area contributed by atoms with Gasteiger partial charge in [-0.05, 0) is 54.2 Å². The lowest BCUT2D eigenvalue weighted by Gasteiger charge is -2.21. The van der Waals surface area contributed by atoms with Crippen molar-refractivity contribution in [1.29, 1.82) is 0 Å². The number of hydrogen-bond donors (Lipinski definition) is 1. The van der Waals surface area contributed by atoms with Gasteiger partial charge in [0.15, 0.2) is 11.6 Å². The zero-order chi connectivity index (χ0) is 13.9. The van der Waals surface area contributed by atoms with Gasteiger partial charge in [0.2, 0.25) is 0 Å². The van der Waals surface area contributed by atoms with Crippen LogP contribution in [0, 0.1) is 5.82 Å². The van der Waals surface area contributed by atoms with Crippen molar-refractivity contribution in [2.24, 2.45) is 0 Å². The fourth-order valence-electron chi connectivity index (χ4n) is 2.79. The van der Waals surface area contributed by atoms with Crippen LogP contribution in [0.25, 0.3) is 0 Å². The summed E-state index contributed by atoms with van der Waals surface area (Å²) in [5.74, 6) is -0.00145. The monoisotopic (exact) mass is 271 g/mol. The van der Waals surface area contributed by atoms with Crippen LogP contribution in [0.5, 0.6) is 5.75 Å². The number of hydrogen-bond acceptors (Lipinski definition) is 2. The fourth-order valence-corrected chi connectivity index (χ4v) is 2.79. The van der Waals surface area contributed by atoms with E-state index in [0.29, 0.717) is 5.75 Å². The number of halogens is 1. The van der Waals surface area contributed by atoms with Crippen LogP contribution in [0.15, 0.2) is 36.4 Å². The third kappa shape index (κ3) is 2.48. The molecular weight excluding hydrogens is 253 g/mol. The smallest absolute Gasteiger partial charge is 0.165 e. The molecule has 0 saturated heterocycles. The SMILES string of the molecule is COc1ccc(Cc2cccc3c2CCCN3)cc1F. The first-order valence-corrected chi connectivity index (χ1v) is 6.95. The molecule has 0 fully saturated rings. The molecule has 104 valence electrons. The van der Waals surface area contributed by atoms with Gasteiger partial charge in [-0.3, -0.25) is 0 Å². The molecule has 20 heavy (non-hydrogen) atoms. The van der Waals surface area contributed by atoms with Crippen LogP contribution < -0.4 is 10.1 Å². The number of rotatable bonds is 3. The Hall–Kier alpha value is -2.03. The highest BCUT2D eigenvalue weighted by Crippen LogP contribution is 2.28. The van der Waals surface area contributed by atoms with Crippen LogP contribution in [0.2, 0.25) is 0 Å². The van der Waals surface area contributed by atoms with Crippen LogP contribution in [-0.2, 0) is 12.8 Å². The largest absolute Gasteiger partial charge is 0.494 e. The standard InChI is InChI=1S/C17H18FNO/c1-20-17-8-7-12(11-15(17)18)10-13-4-2-6-16-14(13)5-3-9-19-16/h2,4,6-8,11,19H,3,5,9-10H2,1H3. The van der Waals surface area contributed by atoms with Crippen LogP contribution in [-0.4, -0.2) is 13.7 Å². The lowest BCUT2D eigenvalue weighted by molar-refractivity contribution is 0.386. The van der Waals surface area contributed by atoms with E-state index in [2.05, 4.69) is 23.5 Å². The maximum absolute atomic E-state index is 13.8. The topological polar surface area (TPSA) is 21.3 Å². The number of ether oxygens (including phenoxy) is 1. The summed E-state index contributed by atoms with van der Waals surface area (Å²) < 4.78 is 18.7.